The van der Waals surface area contributed by atoms with Crippen LogP contribution in [0, 0.1) is 5.92 Å². The number of carbonyl (C=O) groups is 1. The van der Waals surface area contributed by atoms with Crippen molar-refractivity contribution in [2.45, 2.75) is 51.4 Å². The van der Waals surface area contributed by atoms with E-state index in [2.05, 4.69) is 4.74 Å². The van der Waals surface area contributed by atoms with Gasteiger partial charge in [-0.1, -0.05) is 25.5 Å². The van der Waals surface area contributed by atoms with E-state index >= 15 is 0 Å². The van der Waals surface area contributed by atoms with E-state index in [1.165, 1.54) is 19.1 Å². The molecule has 3 N–H and O–H groups in total. The summed E-state index contributed by atoms with van der Waals surface area (Å²) in [6.07, 6.45) is -2.20. The molecule has 0 aliphatic carbocycles. The van der Waals surface area contributed by atoms with E-state index in [1.54, 1.807) is 12.1 Å². The van der Waals surface area contributed by atoms with Crippen LogP contribution in [0.15, 0.2) is 24.3 Å². The fourth-order valence-corrected chi connectivity index (χ4v) is 2.37. The molecule has 2 unspecified atom stereocenters. The van der Waals surface area contributed by atoms with Gasteiger partial charge in [0.2, 0.25) is 0 Å². The number of aryl methyl sites for hydroxylation is 1. The molecule has 0 bridgehead atoms. The van der Waals surface area contributed by atoms with Crippen LogP contribution in [0.4, 0.5) is 13.2 Å². The highest BCUT2D eigenvalue weighted by Gasteiger charge is 2.31. The molecular formula is C16H22F3NO3. The van der Waals surface area contributed by atoms with Crippen molar-refractivity contribution < 1.29 is 27.8 Å². The van der Waals surface area contributed by atoms with Crippen molar-refractivity contribution in [2.75, 3.05) is 0 Å². The van der Waals surface area contributed by atoms with E-state index in [1.807, 2.05) is 6.92 Å². The van der Waals surface area contributed by atoms with Gasteiger partial charge in [-0.3, -0.25) is 4.79 Å². The molecular weight excluding hydrogens is 311 g/mol. The molecule has 0 heterocycles. The number of halogens is 3. The molecule has 0 saturated carbocycles. The molecule has 1 aromatic carbocycles. The monoisotopic (exact) mass is 333 g/mol. The minimum atomic E-state index is -4.70. The zero-order valence-electron chi connectivity index (χ0n) is 13.2. The molecule has 0 aromatic heterocycles. The third kappa shape index (κ3) is 6.90. The van der Waals surface area contributed by atoms with Gasteiger partial charge in [0.15, 0.2) is 0 Å². The molecule has 0 aliphatic rings. The molecule has 0 saturated heterocycles. The molecule has 0 fully saturated rings. The number of carboxylic acid groups (broad SMARTS) is 1. The summed E-state index contributed by atoms with van der Waals surface area (Å²) in [6, 6.07) is 5.70. The lowest BCUT2D eigenvalue weighted by atomic mass is 9.85. The van der Waals surface area contributed by atoms with Gasteiger partial charge in [-0.05, 0) is 49.8 Å². The Labute approximate surface area is 133 Å². The maximum Gasteiger partial charge on any atom is 0.573 e. The van der Waals surface area contributed by atoms with Crippen molar-refractivity contribution in [1.29, 1.82) is 0 Å². The van der Waals surface area contributed by atoms with E-state index in [4.69, 9.17) is 10.8 Å². The van der Waals surface area contributed by atoms with Crippen LogP contribution >= 0.6 is 0 Å². The number of nitrogens with two attached hydrogens (primary N) is 1. The predicted octanol–water partition coefficient (Wildman–Crippen LogP) is 3.74. The van der Waals surface area contributed by atoms with E-state index in [0.29, 0.717) is 12.8 Å². The number of hydrogen-bond donors (Lipinski definition) is 2. The van der Waals surface area contributed by atoms with E-state index in [9.17, 15) is 18.0 Å². The predicted molar refractivity (Wildman–Crippen MR) is 80.1 cm³/mol. The maximum atomic E-state index is 12.1. The van der Waals surface area contributed by atoms with Crippen molar-refractivity contribution in [3.8, 4) is 5.75 Å². The summed E-state index contributed by atoms with van der Waals surface area (Å²) in [4.78, 5) is 11.1. The van der Waals surface area contributed by atoms with Crippen molar-refractivity contribution in [2.24, 2.45) is 11.7 Å². The maximum absolute atomic E-state index is 12.1. The highest BCUT2D eigenvalue weighted by molar-refractivity contribution is 5.77. The van der Waals surface area contributed by atoms with Crippen LogP contribution in [0.2, 0.25) is 0 Å². The smallest absolute Gasteiger partial charge is 0.480 e. The van der Waals surface area contributed by atoms with Gasteiger partial charge < -0.3 is 15.6 Å². The second-order valence-electron chi connectivity index (χ2n) is 5.93. The topological polar surface area (TPSA) is 72.5 Å². The first-order valence-corrected chi connectivity index (χ1v) is 7.40. The Balaban J connectivity index is 2.57. The van der Waals surface area contributed by atoms with Crippen molar-refractivity contribution in [3.05, 3.63) is 29.8 Å². The van der Waals surface area contributed by atoms with Gasteiger partial charge in [-0.2, -0.15) is 0 Å². The van der Waals surface area contributed by atoms with Crippen molar-refractivity contribution >= 4 is 5.97 Å². The van der Waals surface area contributed by atoms with Gasteiger partial charge in [0, 0.05) is 0 Å². The molecule has 23 heavy (non-hydrogen) atoms. The van der Waals surface area contributed by atoms with E-state index < -0.39 is 17.9 Å². The fourth-order valence-electron chi connectivity index (χ4n) is 2.37. The Bertz CT molecular complexity index is 512. The molecule has 4 nitrogen and oxygen atoms in total. The minimum absolute atomic E-state index is 0.132. The fraction of sp³-hybridized carbons (Fsp3) is 0.562. The third-order valence-corrected chi connectivity index (χ3v) is 3.78. The van der Waals surface area contributed by atoms with Gasteiger partial charge in [0.1, 0.15) is 11.3 Å². The number of alkyl halides is 3. The number of benzene rings is 1. The lowest BCUT2D eigenvalue weighted by Gasteiger charge is -2.25. The Morgan fingerprint density at radius 2 is 1.87 bits per heavy atom. The number of carboxylic acids is 1. The molecule has 0 aliphatic heterocycles. The average Bonchev–Trinajstić information content (AvgIpc) is 2.43. The largest absolute Gasteiger partial charge is 0.573 e. The summed E-state index contributed by atoms with van der Waals surface area (Å²) >= 11 is 0. The van der Waals surface area contributed by atoms with Crippen molar-refractivity contribution in [1.82, 2.24) is 0 Å². The Kier molecular flexibility index (Phi) is 6.44. The van der Waals surface area contributed by atoms with Gasteiger partial charge >= 0.3 is 12.3 Å². The summed E-state index contributed by atoms with van der Waals surface area (Å²) in [7, 11) is 0. The van der Waals surface area contributed by atoms with Crippen LogP contribution in [-0.4, -0.2) is 23.0 Å². The molecule has 1 rings (SSSR count). The highest BCUT2D eigenvalue weighted by Crippen LogP contribution is 2.25. The SMILES string of the molecule is CCC(CCc1ccc(OC(F)(F)F)cc1)CC(C)(N)C(=O)O. The number of hydrogen-bond acceptors (Lipinski definition) is 3. The van der Waals surface area contributed by atoms with E-state index in [0.717, 1.165) is 18.4 Å². The van der Waals surface area contributed by atoms with Crippen LogP contribution in [0.5, 0.6) is 5.75 Å². The molecule has 0 spiro atoms. The molecule has 1 aromatic rings. The number of aliphatic carboxylic acids is 1. The first kappa shape index (κ1) is 19.3. The van der Waals surface area contributed by atoms with Crippen LogP contribution < -0.4 is 10.5 Å². The van der Waals surface area contributed by atoms with Crippen LogP contribution in [-0.2, 0) is 11.2 Å². The van der Waals surface area contributed by atoms with E-state index in [-0.39, 0.29) is 11.7 Å². The van der Waals surface area contributed by atoms with Crippen LogP contribution in [0.1, 0.15) is 38.7 Å². The van der Waals surface area contributed by atoms with Gasteiger partial charge in [-0.15, -0.1) is 13.2 Å². The molecule has 0 amide bonds. The lowest BCUT2D eigenvalue weighted by Crippen LogP contribution is -2.46. The first-order valence-electron chi connectivity index (χ1n) is 7.40. The van der Waals surface area contributed by atoms with Gasteiger partial charge in [0.05, 0.1) is 0 Å². The molecule has 130 valence electrons. The lowest BCUT2D eigenvalue weighted by molar-refractivity contribution is -0.274. The third-order valence-electron chi connectivity index (χ3n) is 3.78. The minimum Gasteiger partial charge on any atom is -0.480 e. The normalized spacial score (nSPS) is 15.7. The quantitative estimate of drug-likeness (QED) is 0.760. The molecule has 7 heteroatoms. The van der Waals surface area contributed by atoms with Crippen molar-refractivity contribution in [3.63, 3.8) is 0 Å². The summed E-state index contributed by atoms with van der Waals surface area (Å²) < 4.78 is 40.1. The molecule has 2 atom stereocenters. The van der Waals surface area contributed by atoms with Gasteiger partial charge in [-0.25, -0.2) is 0 Å². The zero-order valence-corrected chi connectivity index (χ0v) is 13.2. The summed E-state index contributed by atoms with van der Waals surface area (Å²) in [5, 5.41) is 9.06. The Hall–Kier alpha value is -1.76. The highest BCUT2D eigenvalue weighted by atomic mass is 19.4. The Morgan fingerprint density at radius 3 is 2.30 bits per heavy atom. The summed E-state index contributed by atoms with van der Waals surface area (Å²) in [5.41, 5.74) is 5.36. The number of rotatable bonds is 8. The number of ether oxygens (including phenoxy) is 1. The van der Waals surface area contributed by atoms with Crippen LogP contribution in [0.25, 0.3) is 0 Å². The van der Waals surface area contributed by atoms with Crippen LogP contribution in [0.3, 0.4) is 0 Å². The summed E-state index contributed by atoms with van der Waals surface area (Å²) in [5.74, 6) is -1.16. The standard InChI is InChI=1S/C16H22F3NO3/c1-3-11(10-15(2,20)14(21)22)4-5-12-6-8-13(9-7-12)23-16(17,18)19/h6-9,11H,3-5,10,20H2,1-2H3,(H,21,22). The second-order valence-corrected chi connectivity index (χ2v) is 5.93. The van der Waals surface area contributed by atoms with Gasteiger partial charge in [0.25, 0.3) is 0 Å². The first-order chi connectivity index (χ1) is 10.5. The zero-order chi connectivity index (χ0) is 17.7. The Morgan fingerprint density at radius 1 is 1.30 bits per heavy atom. The summed E-state index contributed by atoms with van der Waals surface area (Å²) in [6.45, 7) is 3.45. The molecule has 0 radical (unpaired) electrons. The second kappa shape index (κ2) is 7.68. The average molecular weight is 333 g/mol.